The van der Waals surface area contributed by atoms with Crippen molar-refractivity contribution in [1.82, 2.24) is 10.3 Å². The molecule has 0 fully saturated rings. The van der Waals surface area contributed by atoms with E-state index in [1.807, 2.05) is 0 Å². The first-order valence-electron chi connectivity index (χ1n) is 9.18. The quantitative estimate of drug-likeness (QED) is 0.438. The zero-order valence-corrected chi connectivity index (χ0v) is 16.8. The lowest BCUT2D eigenvalue weighted by atomic mass is 10.0. The molecule has 3 rings (SSSR count). The van der Waals surface area contributed by atoms with Gasteiger partial charge >= 0.3 is 12.4 Å². The maximum atomic E-state index is 13.7. The molecule has 0 aliphatic rings. The largest absolute Gasteiger partial charge is 0.444 e. The summed E-state index contributed by atoms with van der Waals surface area (Å²) in [6, 6.07) is 1.87. The molecule has 176 valence electrons. The first kappa shape index (κ1) is 24.2. The van der Waals surface area contributed by atoms with Gasteiger partial charge in [-0.1, -0.05) is 0 Å². The second-order valence-electron chi connectivity index (χ2n) is 7.14. The van der Waals surface area contributed by atoms with E-state index in [4.69, 9.17) is 4.42 Å². The standard InChI is InChI=1S/C21H14F8N2O2/c1-9-15(22)5-11(6-16(9)23)10(2)30-18(32)17-8-33-19(31-17)12-3-13(20(24,25)26)7-14(4-12)21(27,28)29/h3-8,10H,1-2H3,(H,30,32)/t10-/m1/s1. The summed E-state index contributed by atoms with van der Waals surface area (Å²) >= 11 is 0. The number of nitrogens with zero attached hydrogens (tertiary/aromatic N) is 1. The Balaban J connectivity index is 1.88. The Morgan fingerprint density at radius 2 is 1.45 bits per heavy atom. The number of carbonyl (C=O) groups is 1. The van der Waals surface area contributed by atoms with E-state index in [0.29, 0.717) is 12.1 Å². The van der Waals surface area contributed by atoms with Gasteiger partial charge in [0.2, 0.25) is 5.89 Å². The number of amides is 1. The van der Waals surface area contributed by atoms with Gasteiger partial charge in [-0.3, -0.25) is 4.79 Å². The second-order valence-corrected chi connectivity index (χ2v) is 7.14. The van der Waals surface area contributed by atoms with Crippen LogP contribution in [-0.2, 0) is 12.4 Å². The van der Waals surface area contributed by atoms with E-state index >= 15 is 0 Å². The number of benzene rings is 2. The van der Waals surface area contributed by atoms with Crippen LogP contribution in [0.3, 0.4) is 0 Å². The van der Waals surface area contributed by atoms with Crippen molar-refractivity contribution in [2.45, 2.75) is 32.2 Å². The third-order valence-corrected chi connectivity index (χ3v) is 4.72. The number of halogens is 8. The highest BCUT2D eigenvalue weighted by Gasteiger charge is 2.37. The normalized spacial score (nSPS) is 13.2. The lowest BCUT2D eigenvalue weighted by Gasteiger charge is -2.14. The van der Waals surface area contributed by atoms with Crippen LogP contribution < -0.4 is 5.32 Å². The minimum atomic E-state index is -5.07. The molecule has 12 heteroatoms. The lowest BCUT2D eigenvalue weighted by molar-refractivity contribution is -0.143. The molecule has 0 unspecified atom stereocenters. The number of aromatic nitrogens is 1. The highest BCUT2D eigenvalue weighted by molar-refractivity contribution is 5.92. The number of hydrogen-bond donors (Lipinski definition) is 1. The Morgan fingerprint density at radius 1 is 0.939 bits per heavy atom. The molecule has 1 atom stereocenters. The zero-order valence-electron chi connectivity index (χ0n) is 16.8. The Morgan fingerprint density at radius 3 is 1.94 bits per heavy atom. The van der Waals surface area contributed by atoms with E-state index in [9.17, 15) is 39.9 Å². The molecule has 1 aromatic heterocycles. The summed E-state index contributed by atoms with van der Waals surface area (Å²) in [5.74, 6) is -3.25. The number of carbonyl (C=O) groups excluding carboxylic acids is 1. The molecule has 0 spiro atoms. The summed E-state index contributed by atoms with van der Waals surface area (Å²) in [5.41, 5.74) is -4.39. The van der Waals surface area contributed by atoms with E-state index in [2.05, 4.69) is 10.3 Å². The minimum absolute atomic E-state index is 0.0540. The van der Waals surface area contributed by atoms with Gasteiger partial charge in [-0.2, -0.15) is 26.3 Å². The minimum Gasteiger partial charge on any atom is -0.444 e. The molecular weight excluding hydrogens is 464 g/mol. The zero-order chi connectivity index (χ0) is 24.7. The summed E-state index contributed by atoms with van der Waals surface area (Å²) in [6.45, 7) is 2.64. The van der Waals surface area contributed by atoms with E-state index in [1.165, 1.54) is 13.8 Å². The molecule has 2 aromatic carbocycles. The van der Waals surface area contributed by atoms with Crippen LogP contribution in [-0.4, -0.2) is 10.9 Å². The van der Waals surface area contributed by atoms with Crippen LogP contribution in [0.2, 0.25) is 0 Å². The molecule has 33 heavy (non-hydrogen) atoms. The van der Waals surface area contributed by atoms with Crippen molar-refractivity contribution in [3.05, 3.63) is 76.2 Å². The Labute approximate surface area is 181 Å². The monoisotopic (exact) mass is 478 g/mol. The molecule has 0 saturated carbocycles. The number of hydrogen-bond acceptors (Lipinski definition) is 3. The fourth-order valence-corrected chi connectivity index (χ4v) is 2.86. The molecule has 0 saturated heterocycles. The molecule has 1 heterocycles. The van der Waals surface area contributed by atoms with Crippen LogP contribution in [0.5, 0.6) is 0 Å². The van der Waals surface area contributed by atoms with Gasteiger partial charge in [0, 0.05) is 11.1 Å². The Hall–Kier alpha value is -3.44. The van der Waals surface area contributed by atoms with Crippen molar-refractivity contribution in [2.75, 3.05) is 0 Å². The summed E-state index contributed by atoms with van der Waals surface area (Å²) in [4.78, 5) is 16.0. The van der Waals surface area contributed by atoms with Crippen molar-refractivity contribution in [1.29, 1.82) is 0 Å². The van der Waals surface area contributed by atoms with Crippen molar-refractivity contribution >= 4 is 5.91 Å². The molecule has 4 nitrogen and oxygen atoms in total. The maximum absolute atomic E-state index is 13.7. The molecule has 1 amide bonds. The molecule has 3 aromatic rings. The molecule has 0 radical (unpaired) electrons. The molecule has 0 bridgehead atoms. The average molecular weight is 478 g/mol. The van der Waals surface area contributed by atoms with Crippen molar-refractivity contribution in [2.24, 2.45) is 0 Å². The van der Waals surface area contributed by atoms with Gasteiger partial charge in [0.05, 0.1) is 17.2 Å². The predicted octanol–water partition coefficient (Wildman–Crippen LogP) is 6.46. The van der Waals surface area contributed by atoms with Crippen molar-refractivity contribution in [3.63, 3.8) is 0 Å². The topological polar surface area (TPSA) is 55.1 Å². The van der Waals surface area contributed by atoms with Crippen LogP contribution in [0.15, 0.2) is 41.0 Å². The van der Waals surface area contributed by atoms with E-state index < -0.39 is 64.2 Å². The third-order valence-electron chi connectivity index (χ3n) is 4.72. The second kappa shape index (κ2) is 8.49. The first-order chi connectivity index (χ1) is 15.2. The van der Waals surface area contributed by atoms with Crippen molar-refractivity contribution < 1.29 is 44.3 Å². The van der Waals surface area contributed by atoms with Crippen molar-refractivity contribution in [3.8, 4) is 11.5 Å². The summed E-state index contributed by atoms with van der Waals surface area (Å²) in [6.07, 6.45) is -9.41. The number of oxazole rings is 1. The highest BCUT2D eigenvalue weighted by atomic mass is 19.4. The highest BCUT2D eigenvalue weighted by Crippen LogP contribution is 2.38. The van der Waals surface area contributed by atoms with Gasteiger partial charge < -0.3 is 9.73 Å². The first-order valence-corrected chi connectivity index (χ1v) is 9.18. The molecule has 1 N–H and O–H groups in total. The van der Waals surface area contributed by atoms with Crippen LogP contribution in [0.4, 0.5) is 35.1 Å². The van der Waals surface area contributed by atoms with E-state index in [1.54, 1.807) is 0 Å². The molecule has 0 aliphatic heterocycles. The average Bonchev–Trinajstić information content (AvgIpc) is 3.20. The summed E-state index contributed by atoms with van der Waals surface area (Å²) in [5, 5.41) is 2.37. The van der Waals surface area contributed by atoms with E-state index in [-0.39, 0.29) is 17.2 Å². The van der Waals surface area contributed by atoms with Crippen LogP contribution in [0.25, 0.3) is 11.5 Å². The van der Waals surface area contributed by atoms with E-state index in [0.717, 1.165) is 18.4 Å². The SMILES string of the molecule is Cc1c(F)cc([C@@H](C)NC(=O)c2coc(-c3cc(C(F)(F)F)cc(C(F)(F)F)c3)n2)cc1F. The number of rotatable bonds is 4. The lowest BCUT2D eigenvalue weighted by Crippen LogP contribution is -2.27. The molecule has 0 aliphatic carbocycles. The van der Waals surface area contributed by atoms with Crippen LogP contribution >= 0.6 is 0 Å². The third kappa shape index (κ3) is 5.32. The molecular formula is C21H14F8N2O2. The van der Waals surface area contributed by atoms with Crippen LogP contribution in [0.1, 0.15) is 45.7 Å². The predicted molar refractivity (Wildman–Crippen MR) is 98.9 cm³/mol. The fourth-order valence-electron chi connectivity index (χ4n) is 2.86. The Kier molecular flexibility index (Phi) is 6.22. The smallest absolute Gasteiger partial charge is 0.416 e. The van der Waals surface area contributed by atoms with Gasteiger partial charge in [0.1, 0.15) is 17.9 Å². The fraction of sp³-hybridized carbons (Fsp3) is 0.238. The van der Waals surface area contributed by atoms with Gasteiger partial charge in [-0.25, -0.2) is 13.8 Å². The Bertz CT molecular complexity index is 1140. The summed E-state index contributed by atoms with van der Waals surface area (Å²) in [7, 11) is 0. The summed E-state index contributed by atoms with van der Waals surface area (Å²) < 4.78 is 111. The number of nitrogens with one attached hydrogen (secondary N) is 1. The number of alkyl halides is 6. The van der Waals surface area contributed by atoms with Gasteiger partial charge in [-0.05, 0) is 49.7 Å². The van der Waals surface area contributed by atoms with Gasteiger partial charge in [0.25, 0.3) is 5.91 Å². The van der Waals surface area contributed by atoms with Gasteiger partial charge in [-0.15, -0.1) is 0 Å². The maximum Gasteiger partial charge on any atom is 0.416 e. The van der Waals surface area contributed by atoms with Crippen LogP contribution in [0, 0.1) is 18.6 Å². The van der Waals surface area contributed by atoms with Gasteiger partial charge in [0.15, 0.2) is 5.69 Å².